The van der Waals surface area contributed by atoms with Gasteiger partial charge < -0.3 is 14.8 Å². The maximum atomic E-state index is 13.5. The molecule has 1 fully saturated rings. The zero-order chi connectivity index (χ0) is 18.1. The van der Waals surface area contributed by atoms with Crippen LogP contribution in [0.4, 0.5) is 4.39 Å². The average Bonchev–Trinajstić information content (AvgIpc) is 3.09. The topological polar surface area (TPSA) is 47.6 Å². The molecule has 2 atom stereocenters. The molecule has 0 spiro atoms. The summed E-state index contributed by atoms with van der Waals surface area (Å²) in [5, 5.41) is 2.92. The van der Waals surface area contributed by atoms with Crippen molar-refractivity contribution in [3.8, 4) is 0 Å². The van der Waals surface area contributed by atoms with Crippen molar-refractivity contribution in [2.45, 2.75) is 44.6 Å². The number of amides is 1. The number of carbonyl (C=O) groups is 1. The molecule has 0 saturated carbocycles. The lowest BCUT2D eigenvalue weighted by Crippen LogP contribution is -2.41. The smallest absolute Gasteiger partial charge is 0.249 e. The molecule has 2 rings (SSSR count). The minimum Gasteiger partial charge on any atom is -0.376 e. The zero-order valence-corrected chi connectivity index (χ0v) is 15.8. The van der Waals surface area contributed by atoms with Crippen molar-refractivity contribution in [2.75, 3.05) is 25.5 Å². The predicted octanol–water partition coefficient (Wildman–Crippen LogP) is 3.40. The van der Waals surface area contributed by atoms with E-state index in [2.05, 4.69) is 5.32 Å². The molecular formula is C19H28FNO3S. The highest BCUT2D eigenvalue weighted by atomic mass is 32.2. The van der Waals surface area contributed by atoms with Crippen molar-refractivity contribution in [2.24, 2.45) is 5.92 Å². The van der Waals surface area contributed by atoms with Crippen molar-refractivity contribution in [1.82, 2.24) is 5.32 Å². The molecule has 1 N–H and O–H groups in total. The molecule has 0 aromatic heterocycles. The third-order valence-corrected chi connectivity index (χ3v) is 5.12. The molecule has 4 nitrogen and oxygen atoms in total. The number of nitrogens with one attached hydrogen (secondary N) is 1. The number of rotatable bonds is 10. The van der Waals surface area contributed by atoms with Gasteiger partial charge in [0.25, 0.3) is 0 Å². The third-order valence-electron chi connectivity index (χ3n) is 4.11. The first-order valence-corrected chi connectivity index (χ1v) is 10.1. The Morgan fingerprint density at radius 2 is 2.24 bits per heavy atom. The fourth-order valence-corrected chi connectivity index (χ4v) is 3.55. The summed E-state index contributed by atoms with van der Waals surface area (Å²) in [4.78, 5) is 12.3. The Hall–Kier alpha value is -1.11. The summed E-state index contributed by atoms with van der Waals surface area (Å²) < 4.78 is 24.9. The maximum absolute atomic E-state index is 13.5. The number of carbonyl (C=O) groups excluding carboxylic acids is 1. The number of thioether (sulfide) groups is 1. The molecule has 140 valence electrons. The molecule has 6 heteroatoms. The van der Waals surface area contributed by atoms with Crippen LogP contribution < -0.4 is 5.32 Å². The maximum Gasteiger partial charge on any atom is 0.249 e. The van der Waals surface area contributed by atoms with Crippen LogP contribution in [0.15, 0.2) is 24.3 Å². The lowest BCUT2D eigenvalue weighted by molar-refractivity contribution is -0.138. The van der Waals surface area contributed by atoms with Gasteiger partial charge >= 0.3 is 0 Å². The van der Waals surface area contributed by atoms with Crippen LogP contribution in [0.3, 0.4) is 0 Å². The van der Waals surface area contributed by atoms with Crippen LogP contribution in [-0.2, 0) is 20.0 Å². The van der Waals surface area contributed by atoms with E-state index in [0.717, 1.165) is 25.2 Å². The van der Waals surface area contributed by atoms with Crippen molar-refractivity contribution in [3.63, 3.8) is 0 Å². The lowest BCUT2D eigenvalue weighted by Gasteiger charge is -2.22. The first-order chi connectivity index (χ1) is 12.1. The first kappa shape index (κ1) is 20.2. The second-order valence-electron chi connectivity index (χ2n) is 6.57. The number of hydrogen-bond donors (Lipinski definition) is 1. The van der Waals surface area contributed by atoms with Crippen LogP contribution in [-0.4, -0.2) is 43.6 Å². The van der Waals surface area contributed by atoms with Gasteiger partial charge in [0, 0.05) is 24.7 Å². The van der Waals surface area contributed by atoms with E-state index < -0.39 is 6.10 Å². The molecule has 0 aliphatic carbocycles. The standard InChI is InChI=1S/C19H28FNO3S/c1-14(2)18(24-12-16-7-5-10-23-16)19(22)21-9-11-25-13-15-6-3-4-8-17(15)20/h3-4,6,8,14,16,18H,5,7,9-13H2,1-2H3,(H,21,22). The largest absolute Gasteiger partial charge is 0.376 e. The summed E-state index contributed by atoms with van der Waals surface area (Å²) in [5.74, 6) is 1.18. The van der Waals surface area contributed by atoms with E-state index in [0.29, 0.717) is 24.5 Å². The van der Waals surface area contributed by atoms with E-state index in [1.165, 1.54) is 6.07 Å². The zero-order valence-electron chi connectivity index (χ0n) is 15.0. The van der Waals surface area contributed by atoms with Crippen LogP contribution in [0, 0.1) is 11.7 Å². The molecule has 1 aliphatic rings. The van der Waals surface area contributed by atoms with E-state index in [9.17, 15) is 9.18 Å². The molecule has 1 aromatic rings. The molecule has 1 saturated heterocycles. The summed E-state index contributed by atoms with van der Waals surface area (Å²) in [6.07, 6.45) is 1.72. The molecule has 1 aromatic carbocycles. The van der Waals surface area contributed by atoms with Crippen molar-refractivity contribution in [3.05, 3.63) is 35.6 Å². The lowest BCUT2D eigenvalue weighted by atomic mass is 10.1. The fraction of sp³-hybridized carbons (Fsp3) is 0.632. The number of halogens is 1. The fourth-order valence-electron chi connectivity index (χ4n) is 2.70. The van der Waals surface area contributed by atoms with Crippen LogP contribution >= 0.6 is 11.8 Å². The first-order valence-electron chi connectivity index (χ1n) is 8.90. The number of hydrogen-bond acceptors (Lipinski definition) is 4. The van der Waals surface area contributed by atoms with Crippen LogP contribution in [0.1, 0.15) is 32.3 Å². The Labute approximate surface area is 153 Å². The monoisotopic (exact) mass is 369 g/mol. The van der Waals surface area contributed by atoms with Gasteiger partial charge in [-0.15, -0.1) is 0 Å². The molecular weight excluding hydrogens is 341 g/mol. The Kier molecular flexibility index (Phi) is 8.72. The second-order valence-corrected chi connectivity index (χ2v) is 7.67. The number of ether oxygens (including phenoxy) is 2. The van der Waals surface area contributed by atoms with E-state index in [1.54, 1.807) is 23.9 Å². The Balaban J connectivity index is 1.65. The Morgan fingerprint density at radius 3 is 2.92 bits per heavy atom. The summed E-state index contributed by atoms with van der Waals surface area (Å²) in [6.45, 7) is 5.76. The molecule has 0 bridgehead atoms. The minimum absolute atomic E-state index is 0.0838. The summed E-state index contributed by atoms with van der Waals surface area (Å²) in [6, 6.07) is 6.77. The van der Waals surface area contributed by atoms with Crippen LogP contribution in [0.5, 0.6) is 0 Å². The van der Waals surface area contributed by atoms with E-state index in [4.69, 9.17) is 9.47 Å². The van der Waals surface area contributed by atoms with Crippen LogP contribution in [0.25, 0.3) is 0 Å². The third kappa shape index (κ3) is 6.96. The van der Waals surface area contributed by atoms with Gasteiger partial charge in [-0.2, -0.15) is 11.8 Å². The molecule has 1 aliphatic heterocycles. The SMILES string of the molecule is CC(C)C(OCC1CCCO1)C(=O)NCCSCc1ccccc1F. The van der Waals surface area contributed by atoms with Gasteiger partial charge in [0.1, 0.15) is 11.9 Å². The van der Waals surface area contributed by atoms with Crippen LogP contribution in [0.2, 0.25) is 0 Å². The van der Waals surface area contributed by atoms with E-state index in [-0.39, 0.29) is 23.7 Å². The van der Waals surface area contributed by atoms with E-state index >= 15 is 0 Å². The molecule has 0 radical (unpaired) electrons. The Morgan fingerprint density at radius 1 is 1.44 bits per heavy atom. The second kappa shape index (κ2) is 10.8. The quantitative estimate of drug-likeness (QED) is 0.642. The van der Waals surface area contributed by atoms with Gasteiger partial charge in [-0.05, 0) is 30.4 Å². The molecule has 2 unspecified atom stereocenters. The summed E-state index contributed by atoms with van der Waals surface area (Å²) in [5.41, 5.74) is 0.693. The summed E-state index contributed by atoms with van der Waals surface area (Å²) >= 11 is 1.60. The number of benzene rings is 1. The van der Waals surface area contributed by atoms with Gasteiger partial charge in [-0.25, -0.2) is 4.39 Å². The van der Waals surface area contributed by atoms with Crippen molar-refractivity contribution >= 4 is 17.7 Å². The van der Waals surface area contributed by atoms with Gasteiger partial charge in [-0.3, -0.25) is 4.79 Å². The highest BCUT2D eigenvalue weighted by Gasteiger charge is 2.25. The van der Waals surface area contributed by atoms with Gasteiger partial charge in [0.2, 0.25) is 5.91 Å². The van der Waals surface area contributed by atoms with Crippen molar-refractivity contribution in [1.29, 1.82) is 0 Å². The van der Waals surface area contributed by atoms with Gasteiger partial charge in [0.15, 0.2) is 0 Å². The molecule has 25 heavy (non-hydrogen) atoms. The molecule has 1 amide bonds. The normalized spacial score (nSPS) is 18.5. The van der Waals surface area contributed by atoms with Gasteiger partial charge in [-0.1, -0.05) is 32.0 Å². The van der Waals surface area contributed by atoms with E-state index in [1.807, 2.05) is 19.9 Å². The highest BCUT2D eigenvalue weighted by molar-refractivity contribution is 7.98. The average molecular weight is 370 g/mol. The molecule has 1 heterocycles. The minimum atomic E-state index is -0.458. The van der Waals surface area contributed by atoms with Crippen molar-refractivity contribution < 1.29 is 18.7 Å². The summed E-state index contributed by atoms with van der Waals surface area (Å²) in [7, 11) is 0. The highest BCUT2D eigenvalue weighted by Crippen LogP contribution is 2.16. The predicted molar refractivity (Wildman–Crippen MR) is 99.1 cm³/mol. The van der Waals surface area contributed by atoms with Gasteiger partial charge in [0.05, 0.1) is 12.7 Å². The Bertz CT molecular complexity index is 535.